The first-order valence-corrected chi connectivity index (χ1v) is 8.14. The first-order chi connectivity index (χ1) is 12.4. The molecule has 0 spiro atoms. The van der Waals surface area contributed by atoms with Crippen molar-refractivity contribution in [3.8, 4) is 17.1 Å². The van der Waals surface area contributed by atoms with E-state index in [0.29, 0.717) is 11.5 Å². The van der Waals surface area contributed by atoms with Crippen LogP contribution in [0.3, 0.4) is 0 Å². The average Bonchev–Trinajstić information content (AvgIpc) is 3.10. The van der Waals surface area contributed by atoms with Crippen molar-refractivity contribution < 1.29 is 31.9 Å². The number of hydrogen-bond acceptors (Lipinski definition) is 4. The van der Waals surface area contributed by atoms with Gasteiger partial charge in [-0.2, -0.15) is 0 Å². The molecule has 1 amide bonds. The maximum atomic E-state index is 12.5. The summed E-state index contributed by atoms with van der Waals surface area (Å²) < 4.78 is 51.6. The van der Waals surface area contributed by atoms with E-state index in [9.17, 15) is 18.0 Å². The summed E-state index contributed by atoms with van der Waals surface area (Å²) in [6.07, 6.45) is -5.30. The average molecular weight is 369 g/mol. The summed E-state index contributed by atoms with van der Waals surface area (Å²) in [5, 5.41) is 0. The lowest BCUT2D eigenvalue weighted by atomic mass is 10.1. The number of carbonyl (C=O) groups is 1. The first-order valence-electron chi connectivity index (χ1n) is 8.14. The fourth-order valence-corrected chi connectivity index (χ4v) is 2.91. The van der Waals surface area contributed by atoms with Crippen LogP contribution in [-0.2, 0) is 4.74 Å². The van der Waals surface area contributed by atoms with Gasteiger partial charge in [-0.05, 0) is 37.1 Å². The number of nitrogens with zero attached hydrogens (tertiary/aromatic N) is 1. The molecule has 8 heteroatoms. The maximum Gasteiger partial charge on any atom is 0.522 e. The lowest BCUT2D eigenvalue weighted by Gasteiger charge is -2.31. The van der Waals surface area contributed by atoms with Crippen molar-refractivity contribution in [3.05, 3.63) is 42.2 Å². The molecule has 0 aliphatic carbocycles. The molecule has 2 heterocycles. The van der Waals surface area contributed by atoms with Gasteiger partial charge in [0.1, 0.15) is 11.5 Å². The van der Waals surface area contributed by atoms with Gasteiger partial charge in [-0.15, -0.1) is 13.2 Å². The quantitative estimate of drug-likeness (QED) is 0.814. The number of rotatable bonds is 4. The van der Waals surface area contributed by atoms with E-state index in [1.54, 1.807) is 31.4 Å². The van der Waals surface area contributed by atoms with Gasteiger partial charge in [0.2, 0.25) is 0 Å². The Hall–Kier alpha value is -2.48. The van der Waals surface area contributed by atoms with E-state index in [0.717, 1.165) is 5.56 Å². The van der Waals surface area contributed by atoms with E-state index in [4.69, 9.17) is 9.15 Å². The number of furan rings is 1. The van der Waals surface area contributed by atoms with Crippen LogP contribution in [0.15, 0.2) is 40.8 Å². The second-order valence-electron chi connectivity index (χ2n) is 5.95. The third-order valence-electron chi connectivity index (χ3n) is 4.20. The summed E-state index contributed by atoms with van der Waals surface area (Å²) in [5.41, 5.74) is 0.765. The van der Waals surface area contributed by atoms with E-state index in [-0.39, 0.29) is 37.6 Å². The summed E-state index contributed by atoms with van der Waals surface area (Å²) >= 11 is 0. The first kappa shape index (κ1) is 18.3. The van der Waals surface area contributed by atoms with Gasteiger partial charge in [0, 0.05) is 18.7 Å². The second kappa shape index (κ2) is 7.41. The molecule has 0 atom stereocenters. The van der Waals surface area contributed by atoms with Crippen LogP contribution in [0, 0.1) is 0 Å². The fraction of sp³-hybridized carbons (Fsp3) is 0.389. The number of hydrogen-bond donors (Lipinski definition) is 0. The van der Waals surface area contributed by atoms with Crippen molar-refractivity contribution in [2.24, 2.45) is 0 Å². The van der Waals surface area contributed by atoms with Crippen molar-refractivity contribution in [2.75, 3.05) is 20.2 Å². The van der Waals surface area contributed by atoms with Crippen LogP contribution >= 0.6 is 0 Å². The number of ether oxygens (including phenoxy) is 2. The lowest BCUT2D eigenvalue weighted by Crippen LogP contribution is -2.42. The summed E-state index contributed by atoms with van der Waals surface area (Å²) in [7, 11) is 1.56. The standard InChI is InChI=1S/C18H18F3NO4/c1-24-14-4-2-3-12(11-14)15-5-6-16(25-15)17(23)22-9-7-13(8-10-22)26-18(19,20)21/h2-6,11,13H,7-10H2,1H3. The highest BCUT2D eigenvalue weighted by atomic mass is 19.4. The molecular weight excluding hydrogens is 351 g/mol. The Labute approximate surface area is 148 Å². The van der Waals surface area contributed by atoms with Gasteiger partial charge in [0.05, 0.1) is 13.2 Å². The van der Waals surface area contributed by atoms with Gasteiger partial charge >= 0.3 is 6.36 Å². The minimum absolute atomic E-state index is 0.134. The smallest absolute Gasteiger partial charge is 0.497 e. The Bertz CT molecular complexity index is 764. The van der Waals surface area contributed by atoms with Gasteiger partial charge in [0.15, 0.2) is 5.76 Å². The fourth-order valence-electron chi connectivity index (χ4n) is 2.91. The second-order valence-corrected chi connectivity index (χ2v) is 5.95. The molecule has 1 aliphatic heterocycles. The van der Waals surface area contributed by atoms with Gasteiger partial charge in [-0.25, -0.2) is 0 Å². The van der Waals surface area contributed by atoms with Crippen molar-refractivity contribution in [1.29, 1.82) is 0 Å². The molecule has 1 aromatic heterocycles. The van der Waals surface area contributed by atoms with Crippen molar-refractivity contribution in [1.82, 2.24) is 4.90 Å². The highest BCUT2D eigenvalue weighted by Gasteiger charge is 2.36. The van der Waals surface area contributed by atoms with Crippen molar-refractivity contribution >= 4 is 5.91 Å². The van der Waals surface area contributed by atoms with Crippen LogP contribution < -0.4 is 4.74 Å². The van der Waals surface area contributed by atoms with Gasteiger partial charge in [-0.3, -0.25) is 9.53 Å². The molecule has 2 aromatic rings. The highest BCUT2D eigenvalue weighted by molar-refractivity contribution is 5.92. The van der Waals surface area contributed by atoms with Crippen molar-refractivity contribution in [3.63, 3.8) is 0 Å². The Morgan fingerprint density at radius 1 is 1.19 bits per heavy atom. The molecule has 1 fully saturated rings. The van der Waals surface area contributed by atoms with E-state index >= 15 is 0 Å². The van der Waals surface area contributed by atoms with Gasteiger partial charge < -0.3 is 14.1 Å². The zero-order chi connectivity index (χ0) is 18.7. The SMILES string of the molecule is COc1cccc(-c2ccc(C(=O)N3CCC(OC(F)(F)F)CC3)o2)c1. The predicted octanol–water partition coefficient (Wildman–Crippen LogP) is 4.10. The molecule has 0 unspecified atom stereocenters. The Morgan fingerprint density at radius 3 is 2.58 bits per heavy atom. The monoisotopic (exact) mass is 369 g/mol. The maximum absolute atomic E-state index is 12.5. The van der Waals surface area contributed by atoms with E-state index in [1.807, 2.05) is 12.1 Å². The lowest BCUT2D eigenvalue weighted by molar-refractivity contribution is -0.345. The third-order valence-corrected chi connectivity index (χ3v) is 4.20. The molecule has 26 heavy (non-hydrogen) atoms. The molecular formula is C18H18F3NO4. The number of methoxy groups -OCH3 is 1. The third kappa shape index (κ3) is 4.37. The largest absolute Gasteiger partial charge is 0.522 e. The zero-order valence-corrected chi connectivity index (χ0v) is 14.1. The van der Waals surface area contributed by atoms with Gasteiger partial charge in [0.25, 0.3) is 5.91 Å². The van der Waals surface area contributed by atoms with E-state index < -0.39 is 12.5 Å². The zero-order valence-electron chi connectivity index (χ0n) is 14.1. The number of piperidine rings is 1. The number of carbonyl (C=O) groups excluding carboxylic acids is 1. The highest BCUT2D eigenvalue weighted by Crippen LogP contribution is 2.28. The molecule has 0 N–H and O–H groups in total. The normalized spacial score (nSPS) is 15.9. The van der Waals surface area contributed by atoms with Crippen LogP contribution in [0.25, 0.3) is 11.3 Å². The molecule has 1 aromatic carbocycles. The predicted molar refractivity (Wildman–Crippen MR) is 86.8 cm³/mol. The Kier molecular flexibility index (Phi) is 5.22. The molecule has 1 saturated heterocycles. The van der Waals surface area contributed by atoms with Crippen LogP contribution in [0.5, 0.6) is 5.75 Å². The minimum Gasteiger partial charge on any atom is -0.497 e. The van der Waals surface area contributed by atoms with Crippen LogP contribution in [0.1, 0.15) is 23.4 Å². The number of likely N-dealkylation sites (tertiary alicyclic amines) is 1. The van der Waals surface area contributed by atoms with E-state index in [1.165, 1.54) is 4.90 Å². The molecule has 5 nitrogen and oxygen atoms in total. The number of benzene rings is 1. The summed E-state index contributed by atoms with van der Waals surface area (Å²) in [6, 6.07) is 10.5. The summed E-state index contributed by atoms with van der Waals surface area (Å²) in [4.78, 5) is 14.0. The van der Waals surface area contributed by atoms with Crippen molar-refractivity contribution in [2.45, 2.75) is 25.3 Å². The molecule has 140 valence electrons. The topological polar surface area (TPSA) is 51.9 Å². The molecule has 3 rings (SSSR count). The van der Waals surface area contributed by atoms with Crippen LogP contribution in [0.2, 0.25) is 0 Å². The van der Waals surface area contributed by atoms with Gasteiger partial charge in [-0.1, -0.05) is 12.1 Å². The molecule has 1 aliphatic rings. The Morgan fingerprint density at radius 2 is 1.92 bits per heavy atom. The minimum atomic E-state index is -4.65. The van der Waals surface area contributed by atoms with Crippen LogP contribution in [0.4, 0.5) is 13.2 Å². The molecule has 0 saturated carbocycles. The number of amides is 1. The van der Waals surface area contributed by atoms with Crippen LogP contribution in [-0.4, -0.2) is 43.5 Å². The molecule has 0 bridgehead atoms. The number of alkyl halides is 3. The molecule has 0 radical (unpaired) electrons. The van der Waals surface area contributed by atoms with E-state index in [2.05, 4.69) is 4.74 Å². The summed E-state index contributed by atoms with van der Waals surface area (Å²) in [6.45, 7) is 0.379. The number of halogens is 3. The summed E-state index contributed by atoms with van der Waals surface area (Å²) in [5.74, 6) is 0.990. The Balaban J connectivity index is 1.64.